The van der Waals surface area contributed by atoms with Crippen molar-refractivity contribution in [2.24, 2.45) is 17.6 Å². The first-order chi connectivity index (χ1) is 9.01. The van der Waals surface area contributed by atoms with E-state index in [1.54, 1.807) is 4.31 Å². The first-order valence-electron chi connectivity index (χ1n) is 7.41. The number of nitrogens with zero attached hydrogens (tertiary/aromatic N) is 2. The van der Waals surface area contributed by atoms with Crippen molar-refractivity contribution in [3.8, 4) is 0 Å². The highest BCUT2D eigenvalue weighted by molar-refractivity contribution is 7.89. The summed E-state index contributed by atoms with van der Waals surface area (Å²) in [4.78, 5) is 2.35. The molecule has 1 saturated heterocycles. The summed E-state index contributed by atoms with van der Waals surface area (Å²) in [5, 5.41) is 0. The molecular weight excluding hydrogens is 262 g/mol. The maximum absolute atomic E-state index is 12.3. The Morgan fingerprint density at radius 2 is 1.95 bits per heavy atom. The SMILES string of the molecule is CC(CN)CN1CCCN(S(=O)(=O)CC2CC2)CC1. The number of hydrogen-bond donors (Lipinski definition) is 1. The summed E-state index contributed by atoms with van der Waals surface area (Å²) in [6, 6.07) is 0. The Labute approximate surface area is 117 Å². The predicted octanol–water partition coefficient (Wildman–Crippen LogP) is 0.329. The van der Waals surface area contributed by atoms with Gasteiger partial charge in [-0.3, -0.25) is 0 Å². The van der Waals surface area contributed by atoms with E-state index >= 15 is 0 Å². The molecule has 1 aliphatic heterocycles. The maximum atomic E-state index is 12.3. The van der Waals surface area contributed by atoms with Gasteiger partial charge in [0.1, 0.15) is 0 Å². The van der Waals surface area contributed by atoms with E-state index in [0.717, 1.165) is 38.9 Å². The lowest BCUT2D eigenvalue weighted by Crippen LogP contribution is -2.38. The minimum atomic E-state index is -3.02. The molecule has 1 aliphatic carbocycles. The fraction of sp³-hybridized carbons (Fsp3) is 1.00. The fourth-order valence-electron chi connectivity index (χ4n) is 2.61. The van der Waals surface area contributed by atoms with Gasteiger partial charge in [0.05, 0.1) is 5.75 Å². The summed E-state index contributed by atoms with van der Waals surface area (Å²) < 4.78 is 26.2. The molecule has 1 saturated carbocycles. The average Bonchev–Trinajstić information content (AvgIpc) is 3.16. The minimum Gasteiger partial charge on any atom is -0.330 e. The number of rotatable bonds is 6. The van der Waals surface area contributed by atoms with Crippen LogP contribution in [0.25, 0.3) is 0 Å². The number of hydrogen-bond acceptors (Lipinski definition) is 4. The molecule has 2 N–H and O–H groups in total. The lowest BCUT2D eigenvalue weighted by Gasteiger charge is -2.23. The van der Waals surface area contributed by atoms with Crippen molar-refractivity contribution >= 4 is 10.0 Å². The van der Waals surface area contributed by atoms with E-state index in [1.807, 2.05) is 0 Å². The molecule has 1 unspecified atom stereocenters. The Morgan fingerprint density at radius 1 is 1.21 bits per heavy atom. The Bertz CT molecular complexity index is 381. The minimum absolute atomic E-state index is 0.367. The molecule has 1 atom stereocenters. The molecule has 2 aliphatic rings. The van der Waals surface area contributed by atoms with Crippen molar-refractivity contribution in [3.63, 3.8) is 0 Å². The van der Waals surface area contributed by atoms with Crippen molar-refractivity contribution in [1.29, 1.82) is 0 Å². The van der Waals surface area contributed by atoms with Crippen LogP contribution in [-0.2, 0) is 10.0 Å². The van der Waals surface area contributed by atoms with Crippen molar-refractivity contribution < 1.29 is 8.42 Å². The van der Waals surface area contributed by atoms with Gasteiger partial charge >= 0.3 is 0 Å². The molecule has 2 rings (SSSR count). The van der Waals surface area contributed by atoms with Crippen molar-refractivity contribution in [1.82, 2.24) is 9.21 Å². The van der Waals surface area contributed by atoms with E-state index in [-0.39, 0.29) is 0 Å². The molecule has 19 heavy (non-hydrogen) atoms. The van der Waals surface area contributed by atoms with E-state index in [2.05, 4.69) is 11.8 Å². The summed E-state index contributed by atoms with van der Waals surface area (Å²) in [6.45, 7) is 6.97. The van der Waals surface area contributed by atoms with Crippen LogP contribution in [0.5, 0.6) is 0 Å². The zero-order valence-electron chi connectivity index (χ0n) is 11.9. The van der Waals surface area contributed by atoms with Crippen LogP contribution < -0.4 is 5.73 Å². The highest BCUT2D eigenvalue weighted by Gasteiger charge is 2.32. The molecule has 0 aromatic rings. The van der Waals surface area contributed by atoms with Crippen LogP contribution in [0.15, 0.2) is 0 Å². The highest BCUT2D eigenvalue weighted by Crippen LogP contribution is 2.31. The smallest absolute Gasteiger partial charge is 0.214 e. The molecule has 0 aromatic carbocycles. The number of sulfonamides is 1. The zero-order chi connectivity index (χ0) is 13.9. The van der Waals surface area contributed by atoms with Gasteiger partial charge in [-0.1, -0.05) is 6.92 Å². The van der Waals surface area contributed by atoms with Gasteiger partial charge in [-0.25, -0.2) is 12.7 Å². The molecular formula is C13H27N3O2S. The van der Waals surface area contributed by atoms with Gasteiger partial charge < -0.3 is 10.6 Å². The van der Waals surface area contributed by atoms with E-state index in [1.165, 1.54) is 0 Å². The summed E-state index contributed by atoms with van der Waals surface area (Å²) in [5.74, 6) is 1.28. The zero-order valence-corrected chi connectivity index (χ0v) is 12.7. The van der Waals surface area contributed by atoms with Gasteiger partial charge in [0.2, 0.25) is 10.0 Å². The van der Waals surface area contributed by atoms with Crippen molar-refractivity contribution in [2.45, 2.75) is 26.2 Å². The molecule has 0 bridgehead atoms. The van der Waals surface area contributed by atoms with E-state index in [4.69, 9.17) is 5.73 Å². The molecule has 2 fully saturated rings. The van der Waals surface area contributed by atoms with E-state index in [9.17, 15) is 8.42 Å². The third kappa shape index (κ3) is 4.70. The second kappa shape index (κ2) is 6.52. The molecule has 0 amide bonds. The van der Waals surface area contributed by atoms with Crippen molar-refractivity contribution in [3.05, 3.63) is 0 Å². The van der Waals surface area contributed by atoms with E-state index < -0.39 is 10.0 Å². The first-order valence-corrected chi connectivity index (χ1v) is 9.02. The van der Waals surface area contributed by atoms with Crippen LogP contribution in [0.1, 0.15) is 26.2 Å². The van der Waals surface area contributed by atoms with E-state index in [0.29, 0.717) is 37.2 Å². The van der Waals surface area contributed by atoms with Crippen molar-refractivity contribution in [2.75, 3.05) is 45.0 Å². The standard InChI is InChI=1S/C13H27N3O2S/c1-12(9-14)10-15-5-2-6-16(8-7-15)19(17,18)11-13-3-4-13/h12-13H,2-11,14H2,1H3. The third-order valence-electron chi connectivity index (χ3n) is 4.06. The molecule has 1 heterocycles. The monoisotopic (exact) mass is 289 g/mol. The lowest BCUT2D eigenvalue weighted by molar-refractivity contribution is 0.250. The van der Waals surface area contributed by atoms with Crippen LogP contribution >= 0.6 is 0 Å². The normalized spacial score (nSPS) is 25.2. The predicted molar refractivity (Wildman–Crippen MR) is 77.4 cm³/mol. The van der Waals surface area contributed by atoms with Gasteiger partial charge in [0, 0.05) is 26.2 Å². The average molecular weight is 289 g/mol. The van der Waals surface area contributed by atoms with Crippen LogP contribution in [0.2, 0.25) is 0 Å². The summed E-state index contributed by atoms with van der Waals surface area (Å²) in [7, 11) is -3.02. The van der Waals surface area contributed by atoms with Gasteiger partial charge in [0.15, 0.2) is 0 Å². The molecule has 0 radical (unpaired) electrons. The largest absolute Gasteiger partial charge is 0.330 e. The Morgan fingerprint density at radius 3 is 2.58 bits per heavy atom. The van der Waals surface area contributed by atoms with Gasteiger partial charge in [0.25, 0.3) is 0 Å². The first kappa shape index (κ1) is 15.2. The second-order valence-electron chi connectivity index (χ2n) is 6.12. The second-order valence-corrected chi connectivity index (χ2v) is 8.13. The van der Waals surface area contributed by atoms with Gasteiger partial charge in [-0.05, 0) is 44.2 Å². The maximum Gasteiger partial charge on any atom is 0.214 e. The molecule has 0 aromatic heterocycles. The van der Waals surface area contributed by atoms with Gasteiger partial charge in [-0.2, -0.15) is 0 Å². The van der Waals surface area contributed by atoms with Crippen LogP contribution in [0.4, 0.5) is 0 Å². The molecule has 0 spiro atoms. The fourth-order valence-corrected chi connectivity index (χ4v) is 4.52. The quantitative estimate of drug-likeness (QED) is 0.765. The summed E-state index contributed by atoms with van der Waals surface area (Å²) in [5.41, 5.74) is 5.65. The Kier molecular flexibility index (Phi) is 5.22. The molecule has 5 nitrogen and oxygen atoms in total. The highest BCUT2D eigenvalue weighted by atomic mass is 32.2. The molecule has 6 heteroatoms. The number of nitrogens with two attached hydrogens (primary N) is 1. The Hall–Kier alpha value is -0.170. The summed E-state index contributed by atoms with van der Waals surface area (Å²) in [6.07, 6.45) is 3.11. The van der Waals surface area contributed by atoms with Crippen LogP contribution in [0.3, 0.4) is 0 Å². The summed E-state index contributed by atoms with van der Waals surface area (Å²) >= 11 is 0. The van der Waals surface area contributed by atoms with Crippen LogP contribution in [-0.4, -0.2) is 62.6 Å². The lowest BCUT2D eigenvalue weighted by atomic mass is 10.1. The van der Waals surface area contributed by atoms with Gasteiger partial charge in [-0.15, -0.1) is 0 Å². The molecule has 112 valence electrons. The Balaban J connectivity index is 1.85. The third-order valence-corrected chi connectivity index (χ3v) is 6.10. The topological polar surface area (TPSA) is 66.6 Å². The van der Waals surface area contributed by atoms with Crippen LogP contribution in [0, 0.1) is 11.8 Å².